The summed E-state index contributed by atoms with van der Waals surface area (Å²) in [6.45, 7) is 4.91. The van der Waals surface area contributed by atoms with E-state index < -0.39 is 0 Å². The molecule has 5 rings (SSSR count). The number of hydrogen-bond acceptors (Lipinski definition) is 3. The van der Waals surface area contributed by atoms with Gasteiger partial charge in [-0.1, -0.05) is 23.7 Å². The smallest absolute Gasteiger partial charge is 0.328 e. The SMILES string of the molecule is C[C@H]1C[C@@]2(CCN1Cc1ccc3c(c1)n(C)c(=O)n3C)OCCc1ccc(Cl)cc12. The van der Waals surface area contributed by atoms with Gasteiger partial charge in [0.15, 0.2) is 0 Å². The van der Waals surface area contributed by atoms with E-state index >= 15 is 0 Å². The summed E-state index contributed by atoms with van der Waals surface area (Å²) < 4.78 is 9.85. The normalized spacial score (nSPS) is 24.5. The van der Waals surface area contributed by atoms with Crippen molar-refractivity contribution in [1.82, 2.24) is 14.0 Å². The predicted octanol–water partition coefficient (Wildman–Crippen LogP) is 3.98. The molecule has 0 saturated carbocycles. The Balaban J connectivity index is 1.39. The van der Waals surface area contributed by atoms with Crippen molar-refractivity contribution in [3.05, 3.63) is 68.6 Å². The average Bonchev–Trinajstić information content (AvgIpc) is 2.95. The number of nitrogens with zero attached hydrogens (tertiary/aromatic N) is 3. The summed E-state index contributed by atoms with van der Waals surface area (Å²) in [7, 11) is 3.66. The number of hydrogen-bond donors (Lipinski definition) is 0. The molecule has 0 N–H and O–H groups in total. The molecule has 6 heteroatoms. The van der Waals surface area contributed by atoms with Crippen LogP contribution in [0.3, 0.4) is 0 Å². The Morgan fingerprint density at radius 3 is 2.73 bits per heavy atom. The van der Waals surface area contributed by atoms with Crippen molar-refractivity contribution in [2.24, 2.45) is 14.1 Å². The van der Waals surface area contributed by atoms with Gasteiger partial charge >= 0.3 is 5.69 Å². The second-order valence-corrected chi connectivity index (χ2v) is 9.33. The Morgan fingerprint density at radius 2 is 1.93 bits per heavy atom. The van der Waals surface area contributed by atoms with E-state index in [1.165, 1.54) is 16.7 Å². The lowest BCUT2D eigenvalue weighted by Crippen LogP contribution is -2.50. The van der Waals surface area contributed by atoms with Gasteiger partial charge in [0.1, 0.15) is 0 Å². The minimum Gasteiger partial charge on any atom is -0.370 e. The van der Waals surface area contributed by atoms with Crippen LogP contribution in [0.25, 0.3) is 11.0 Å². The van der Waals surface area contributed by atoms with E-state index in [1.807, 2.05) is 20.2 Å². The summed E-state index contributed by atoms with van der Waals surface area (Å²) in [6.07, 6.45) is 2.89. The number of fused-ring (bicyclic) bond motifs is 3. The summed E-state index contributed by atoms with van der Waals surface area (Å²) in [5.74, 6) is 0. The maximum Gasteiger partial charge on any atom is 0.328 e. The van der Waals surface area contributed by atoms with Crippen LogP contribution in [-0.2, 0) is 37.4 Å². The topological polar surface area (TPSA) is 39.4 Å². The number of imidazole rings is 1. The molecular weight excluding hydrogens is 398 g/mol. The molecule has 3 aromatic rings. The summed E-state index contributed by atoms with van der Waals surface area (Å²) >= 11 is 6.33. The number of halogens is 1. The number of rotatable bonds is 2. The highest BCUT2D eigenvalue weighted by molar-refractivity contribution is 6.30. The molecule has 1 fully saturated rings. The van der Waals surface area contributed by atoms with Crippen molar-refractivity contribution < 1.29 is 4.74 Å². The second-order valence-electron chi connectivity index (χ2n) is 8.89. The summed E-state index contributed by atoms with van der Waals surface area (Å²) in [5.41, 5.74) is 5.65. The molecule has 1 spiro atoms. The van der Waals surface area contributed by atoms with Crippen molar-refractivity contribution in [3.63, 3.8) is 0 Å². The van der Waals surface area contributed by atoms with E-state index in [2.05, 4.69) is 42.2 Å². The molecule has 2 aromatic carbocycles. The maximum absolute atomic E-state index is 12.2. The van der Waals surface area contributed by atoms with Gasteiger partial charge in [-0.3, -0.25) is 14.0 Å². The van der Waals surface area contributed by atoms with E-state index in [9.17, 15) is 4.79 Å². The fraction of sp³-hybridized carbons (Fsp3) is 0.458. The Kier molecular flexibility index (Phi) is 4.80. The van der Waals surface area contributed by atoms with Gasteiger partial charge in [-0.05, 0) is 67.1 Å². The molecule has 1 aromatic heterocycles. The van der Waals surface area contributed by atoms with Crippen LogP contribution >= 0.6 is 11.6 Å². The Hall–Kier alpha value is -2.08. The molecular formula is C24H28ClN3O2. The van der Waals surface area contributed by atoms with Crippen LogP contribution in [0.15, 0.2) is 41.2 Å². The molecule has 0 aliphatic carbocycles. The van der Waals surface area contributed by atoms with Crippen molar-refractivity contribution in [2.75, 3.05) is 13.2 Å². The molecule has 3 heterocycles. The fourth-order valence-electron chi connectivity index (χ4n) is 5.37. The first-order valence-corrected chi connectivity index (χ1v) is 11.1. The van der Waals surface area contributed by atoms with Gasteiger partial charge in [0.2, 0.25) is 0 Å². The molecule has 2 aliphatic rings. The van der Waals surface area contributed by atoms with Gasteiger partial charge in [0.25, 0.3) is 0 Å². The van der Waals surface area contributed by atoms with E-state index in [4.69, 9.17) is 16.3 Å². The summed E-state index contributed by atoms with van der Waals surface area (Å²) in [4.78, 5) is 14.8. The fourth-order valence-corrected chi connectivity index (χ4v) is 5.55. The average molecular weight is 426 g/mol. The first-order chi connectivity index (χ1) is 14.4. The van der Waals surface area contributed by atoms with Gasteiger partial charge < -0.3 is 4.74 Å². The lowest BCUT2D eigenvalue weighted by atomic mass is 9.77. The van der Waals surface area contributed by atoms with Crippen LogP contribution < -0.4 is 5.69 Å². The van der Waals surface area contributed by atoms with Crippen molar-refractivity contribution >= 4 is 22.6 Å². The van der Waals surface area contributed by atoms with Crippen LogP contribution in [0.4, 0.5) is 0 Å². The van der Waals surface area contributed by atoms with Gasteiger partial charge in [0.05, 0.1) is 23.2 Å². The Bertz CT molecular complexity index is 1180. The van der Waals surface area contributed by atoms with E-state index in [-0.39, 0.29) is 11.3 Å². The van der Waals surface area contributed by atoms with Crippen LogP contribution in [0.5, 0.6) is 0 Å². The highest BCUT2D eigenvalue weighted by Gasteiger charge is 2.43. The Morgan fingerprint density at radius 1 is 1.13 bits per heavy atom. The molecule has 30 heavy (non-hydrogen) atoms. The highest BCUT2D eigenvalue weighted by atomic mass is 35.5. The molecule has 0 unspecified atom stereocenters. The standard InChI is InChI=1S/C24H28ClN3O2/c1-16-14-24(20-13-19(25)6-5-18(20)8-11-30-24)9-10-28(16)15-17-4-7-21-22(12-17)27(3)23(29)26(21)2/h4-7,12-13,16H,8-11,14-15H2,1-3H3/t16-,24+/m0/s1. The number of ether oxygens (including phenoxy) is 1. The zero-order valence-corrected chi connectivity index (χ0v) is 18.6. The van der Waals surface area contributed by atoms with Crippen LogP contribution in [0, 0.1) is 0 Å². The number of piperidine rings is 1. The summed E-state index contributed by atoms with van der Waals surface area (Å²) in [5, 5.41) is 0.787. The van der Waals surface area contributed by atoms with Gasteiger partial charge in [0, 0.05) is 38.2 Å². The lowest BCUT2D eigenvalue weighted by molar-refractivity contribution is -0.113. The highest BCUT2D eigenvalue weighted by Crippen LogP contribution is 2.44. The zero-order valence-electron chi connectivity index (χ0n) is 17.8. The number of likely N-dealkylation sites (tertiary alicyclic amines) is 1. The third kappa shape index (κ3) is 3.11. The lowest BCUT2D eigenvalue weighted by Gasteiger charge is -2.48. The maximum atomic E-state index is 12.2. The molecule has 0 bridgehead atoms. The predicted molar refractivity (Wildman–Crippen MR) is 120 cm³/mol. The zero-order chi connectivity index (χ0) is 21.0. The first-order valence-electron chi connectivity index (χ1n) is 10.7. The molecule has 2 aliphatic heterocycles. The molecule has 0 radical (unpaired) electrons. The minimum absolute atomic E-state index is 0.0159. The minimum atomic E-state index is -0.221. The third-order valence-corrected chi connectivity index (χ3v) is 7.32. The monoisotopic (exact) mass is 425 g/mol. The van der Waals surface area contributed by atoms with Crippen LogP contribution in [0.2, 0.25) is 5.02 Å². The molecule has 1 saturated heterocycles. The number of aryl methyl sites for hydroxylation is 2. The molecule has 5 nitrogen and oxygen atoms in total. The van der Waals surface area contributed by atoms with Crippen molar-refractivity contribution in [2.45, 2.75) is 44.4 Å². The number of aromatic nitrogens is 2. The Labute approximate surface area is 181 Å². The van der Waals surface area contributed by atoms with Crippen LogP contribution in [-0.4, -0.2) is 33.2 Å². The first kappa shape index (κ1) is 19.9. The van der Waals surface area contributed by atoms with E-state index in [0.717, 1.165) is 55.0 Å². The second kappa shape index (κ2) is 7.26. The van der Waals surface area contributed by atoms with Gasteiger partial charge in [-0.2, -0.15) is 0 Å². The number of benzene rings is 2. The van der Waals surface area contributed by atoms with Gasteiger partial charge in [-0.25, -0.2) is 4.79 Å². The van der Waals surface area contributed by atoms with Crippen molar-refractivity contribution in [1.29, 1.82) is 0 Å². The van der Waals surface area contributed by atoms with E-state index in [0.29, 0.717) is 6.04 Å². The quantitative estimate of drug-likeness (QED) is 0.623. The largest absolute Gasteiger partial charge is 0.370 e. The van der Waals surface area contributed by atoms with Crippen LogP contribution in [0.1, 0.15) is 36.5 Å². The van der Waals surface area contributed by atoms with E-state index in [1.54, 1.807) is 9.13 Å². The molecule has 2 atom stereocenters. The van der Waals surface area contributed by atoms with Gasteiger partial charge in [-0.15, -0.1) is 0 Å². The summed E-state index contributed by atoms with van der Waals surface area (Å²) in [6, 6.07) is 13.0. The molecule has 0 amide bonds. The molecule has 158 valence electrons. The van der Waals surface area contributed by atoms with Crippen molar-refractivity contribution in [3.8, 4) is 0 Å². The third-order valence-electron chi connectivity index (χ3n) is 7.09.